The largest absolute Gasteiger partial charge is 0.493 e. The third kappa shape index (κ3) is 5.52. The number of carbonyl (C=O) groups excluding carboxylic acids is 1. The van der Waals surface area contributed by atoms with Gasteiger partial charge < -0.3 is 29.8 Å². The molecular formula is C18H23N3O5. The lowest BCUT2D eigenvalue weighted by molar-refractivity contribution is 0.150. The lowest BCUT2D eigenvalue weighted by Gasteiger charge is -2.14. The van der Waals surface area contributed by atoms with Crippen LogP contribution in [0.3, 0.4) is 0 Å². The van der Waals surface area contributed by atoms with E-state index in [4.69, 9.17) is 9.47 Å². The zero-order chi connectivity index (χ0) is 18.9. The minimum atomic E-state index is -0.873. The van der Waals surface area contributed by atoms with Crippen molar-refractivity contribution in [1.29, 1.82) is 0 Å². The van der Waals surface area contributed by atoms with Crippen LogP contribution in [0, 0.1) is 0 Å². The van der Waals surface area contributed by atoms with Crippen molar-refractivity contribution >= 4 is 6.03 Å². The molecule has 8 nitrogen and oxygen atoms in total. The van der Waals surface area contributed by atoms with Crippen LogP contribution in [0.1, 0.15) is 5.56 Å². The molecule has 2 rings (SSSR count). The van der Waals surface area contributed by atoms with Gasteiger partial charge in [0.15, 0.2) is 11.5 Å². The first-order chi connectivity index (χ1) is 12.5. The molecule has 8 heteroatoms. The fraction of sp³-hybridized carbons (Fsp3) is 0.333. The van der Waals surface area contributed by atoms with Gasteiger partial charge in [-0.1, -0.05) is 12.1 Å². The predicted octanol–water partition coefficient (Wildman–Crippen LogP) is 0.726. The number of hydrogen-bond acceptors (Lipinski definition) is 5. The molecule has 26 heavy (non-hydrogen) atoms. The summed E-state index contributed by atoms with van der Waals surface area (Å²) in [5.41, 5.74) is 0.638. The zero-order valence-corrected chi connectivity index (χ0v) is 14.8. The van der Waals surface area contributed by atoms with E-state index in [1.54, 1.807) is 44.7 Å². The number of rotatable bonds is 8. The second kappa shape index (κ2) is 9.47. The molecule has 0 radical (unpaired) electrons. The monoisotopic (exact) mass is 361 g/mol. The quantitative estimate of drug-likeness (QED) is 0.643. The molecule has 3 N–H and O–H groups in total. The molecule has 0 fully saturated rings. The van der Waals surface area contributed by atoms with E-state index in [2.05, 4.69) is 10.6 Å². The Morgan fingerprint density at radius 2 is 1.92 bits per heavy atom. The number of ether oxygens (including phenoxy) is 2. The van der Waals surface area contributed by atoms with Gasteiger partial charge in [0.1, 0.15) is 0 Å². The number of urea groups is 1. The molecule has 0 spiro atoms. The molecule has 1 heterocycles. The predicted molar refractivity (Wildman–Crippen MR) is 96.5 cm³/mol. The van der Waals surface area contributed by atoms with Gasteiger partial charge >= 0.3 is 6.03 Å². The second-order valence-corrected chi connectivity index (χ2v) is 5.60. The Morgan fingerprint density at radius 1 is 1.15 bits per heavy atom. The summed E-state index contributed by atoms with van der Waals surface area (Å²) in [6.07, 6.45) is 0.713. The first-order valence-electron chi connectivity index (χ1n) is 8.09. The molecule has 1 aromatic heterocycles. The van der Waals surface area contributed by atoms with Crippen LogP contribution in [0.5, 0.6) is 11.5 Å². The van der Waals surface area contributed by atoms with Crippen molar-refractivity contribution in [1.82, 2.24) is 15.2 Å². The standard InChI is InChI=1S/C18H23N3O5/c1-25-15-7-6-13(9-16(15)26-2)10-19-18(24)20-11-14(22)12-21-8-4-3-5-17(21)23/h3-9,14,22H,10-12H2,1-2H3,(H2,19,20,24). The summed E-state index contributed by atoms with van der Waals surface area (Å²) in [4.78, 5) is 23.4. The molecule has 0 aliphatic heterocycles. The van der Waals surface area contributed by atoms with Crippen LogP contribution in [0.4, 0.5) is 4.79 Å². The molecule has 2 amide bonds. The molecule has 0 aliphatic rings. The number of carbonyl (C=O) groups is 1. The number of aliphatic hydroxyl groups excluding tert-OH is 1. The molecule has 1 atom stereocenters. The van der Waals surface area contributed by atoms with Crippen LogP contribution < -0.4 is 25.7 Å². The van der Waals surface area contributed by atoms with Crippen molar-refractivity contribution in [3.63, 3.8) is 0 Å². The zero-order valence-electron chi connectivity index (χ0n) is 14.8. The molecule has 0 saturated carbocycles. The smallest absolute Gasteiger partial charge is 0.315 e. The average molecular weight is 361 g/mol. The maximum atomic E-state index is 11.9. The highest BCUT2D eigenvalue weighted by Gasteiger charge is 2.09. The molecule has 1 aromatic carbocycles. The van der Waals surface area contributed by atoms with Crippen LogP contribution in [-0.2, 0) is 13.1 Å². The number of aliphatic hydroxyl groups is 1. The maximum Gasteiger partial charge on any atom is 0.315 e. The Kier molecular flexibility index (Phi) is 7.04. The van der Waals surface area contributed by atoms with Gasteiger partial charge in [0, 0.05) is 25.4 Å². The summed E-state index contributed by atoms with van der Waals surface area (Å²) in [6.45, 7) is 0.426. The number of aromatic nitrogens is 1. The Balaban J connectivity index is 1.78. The number of amides is 2. The van der Waals surface area contributed by atoms with E-state index in [9.17, 15) is 14.7 Å². The summed E-state index contributed by atoms with van der Waals surface area (Å²) in [6, 6.07) is 9.68. The Bertz CT molecular complexity index is 790. The highest BCUT2D eigenvalue weighted by atomic mass is 16.5. The maximum absolute atomic E-state index is 11.9. The van der Waals surface area contributed by atoms with E-state index in [0.717, 1.165) is 5.56 Å². The van der Waals surface area contributed by atoms with E-state index in [1.165, 1.54) is 10.6 Å². The first-order valence-corrected chi connectivity index (χ1v) is 8.09. The SMILES string of the molecule is COc1ccc(CNC(=O)NCC(O)Cn2ccccc2=O)cc1OC. The van der Waals surface area contributed by atoms with Crippen LogP contribution in [0.15, 0.2) is 47.4 Å². The van der Waals surface area contributed by atoms with Crippen LogP contribution in [0.2, 0.25) is 0 Å². The number of nitrogens with zero attached hydrogens (tertiary/aromatic N) is 1. The van der Waals surface area contributed by atoms with E-state index < -0.39 is 12.1 Å². The van der Waals surface area contributed by atoms with Crippen molar-refractivity contribution < 1.29 is 19.4 Å². The summed E-state index contributed by atoms with van der Waals surface area (Å²) in [5.74, 6) is 1.19. The van der Waals surface area contributed by atoms with Crippen molar-refractivity contribution in [3.8, 4) is 11.5 Å². The Labute approximate surface area is 151 Å². The molecule has 140 valence electrons. The number of methoxy groups -OCH3 is 2. The minimum Gasteiger partial charge on any atom is -0.493 e. The van der Waals surface area contributed by atoms with Crippen molar-refractivity contribution in [2.45, 2.75) is 19.2 Å². The molecule has 1 unspecified atom stereocenters. The topological polar surface area (TPSA) is 102 Å². The summed E-state index contributed by atoms with van der Waals surface area (Å²) in [7, 11) is 3.10. The number of pyridine rings is 1. The normalized spacial score (nSPS) is 11.5. The van der Waals surface area contributed by atoms with Gasteiger partial charge in [-0.2, -0.15) is 0 Å². The van der Waals surface area contributed by atoms with Gasteiger partial charge in [0.05, 0.1) is 26.9 Å². The number of nitrogens with one attached hydrogen (secondary N) is 2. The third-order valence-corrected chi connectivity index (χ3v) is 3.71. The van der Waals surface area contributed by atoms with E-state index in [0.29, 0.717) is 18.0 Å². The molecular weight excluding hydrogens is 338 g/mol. The van der Waals surface area contributed by atoms with Crippen molar-refractivity contribution in [2.24, 2.45) is 0 Å². The molecule has 2 aromatic rings. The first kappa shape index (κ1) is 19.3. The van der Waals surface area contributed by atoms with Crippen LogP contribution in [0.25, 0.3) is 0 Å². The van der Waals surface area contributed by atoms with Crippen molar-refractivity contribution in [3.05, 3.63) is 58.5 Å². The average Bonchev–Trinajstić information content (AvgIpc) is 2.66. The van der Waals surface area contributed by atoms with Gasteiger partial charge in [0.25, 0.3) is 5.56 Å². The van der Waals surface area contributed by atoms with Gasteiger partial charge in [-0.25, -0.2) is 4.79 Å². The summed E-state index contributed by atoms with van der Waals surface area (Å²) < 4.78 is 11.8. The van der Waals surface area contributed by atoms with Gasteiger partial charge in [-0.05, 0) is 23.8 Å². The lowest BCUT2D eigenvalue weighted by atomic mass is 10.2. The fourth-order valence-corrected chi connectivity index (χ4v) is 2.35. The van der Waals surface area contributed by atoms with Gasteiger partial charge in [-0.15, -0.1) is 0 Å². The van der Waals surface area contributed by atoms with Gasteiger partial charge in [-0.3, -0.25) is 4.79 Å². The van der Waals surface area contributed by atoms with Crippen molar-refractivity contribution in [2.75, 3.05) is 20.8 Å². The fourth-order valence-electron chi connectivity index (χ4n) is 2.35. The molecule has 0 saturated heterocycles. The highest BCUT2D eigenvalue weighted by molar-refractivity contribution is 5.73. The number of hydrogen-bond donors (Lipinski definition) is 3. The van der Waals surface area contributed by atoms with E-state index in [-0.39, 0.29) is 18.6 Å². The summed E-state index contributed by atoms with van der Waals surface area (Å²) >= 11 is 0. The third-order valence-electron chi connectivity index (χ3n) is 3.71. The lowest BCUT2D eigenvalue weighted by Crippen LogP contribution is -2.41. The molecule has 0 aliphatic carbocycles. The second-order valence-electron chi connectivity index (χ2n) is 5.60. The Morgan fingerprint density at radius 3 is 2.62 bits per heavy atom. The van der Waals surface area contributed by atoms with Crippen LogP contribution in [-0.4, -0.2) is 42.6 Å². The van der Waals surface area contributed by atoms with Gasteiger partial charge in [0.2, 0.25) is 0 Å². The highest BCUT2D eigenvalue weighted by Crippen LogP contribution is 2.27. The number of benzene rings is 1. The minimum absolute atomic E-state index is 0.0269. The van der Waals surface area contributed by atoms with E-state index in [1.807, 2.05) is 6.07 Å². The van der Waals surface area contributed by atoms with E-state index >= 15 is 0 Å². The summed E-state index contributed by atoms with van der Waals surface area (Å²) in [5, 5.41) is 15.2. The Hall–Kier alpha value is -3.00. The molecule has 0 bridgehead atoms. The van der Waals surface area contributed by atoms with Crippen LogP contribution >= 0.6 is 0 Å².